The number of pyridine rings is 1. The predicted octanol–water partition coefficient (Wildman–Crippen LogP) is 3.14. The normalized spacial score (nSPS) is 9.71. The molecule has 1 aromatic heterocycles. The Morgan fingerprint density at radius 3 is 2.82 bits per heavy atom. The summed E-state index contributed by atoms with van der Waals surface area (Å²) in [6.45, 7) is 1.69. The molecule has 3 nitrogen and oxygen atoms in total. The molecule has 1 aromatic carbocycles. The van der Waals surface area contributed by atoms with Crippen molar-refractivity contribution in [3.8, 4) is 6.07 Å². The van der Waals surface area contributed by atoms with E-state index in [-0.39, 0.29) is 5.82 Å². The van der Waals surface area contributed by atoms with E-state index in [4.69, 9.17) is 5.26 Å². The highest BCUT2D eigenvalue weighted by molar-refractivity contribution is 5.57. The van der Waals surface area contributed by atoms with Gasteiger partial charge in [-0.3, -0.25) is 0 Å². The summed E-state index contributed by atoms with van der Waals surface area (Å²) in [7, 11) is 0. The zero-order valence-electron chi connectivity index (χ0n) is 9.24. The zero-order valence-corrected chi connectivity index (χ0v) is 9.24. The SMILES string of the molecule is Cc1cc(Nc2cccc(C#N)n2)ccc1F. The van der Waals surface area contributed by atoms with Gasteiger partial charge < -0.3 is 5.32 Å². The number of benzene rings is 1. The fraction of sp³-hybridized carbons (Fsp3) is 0.0769. The number of hydrogen-bond donors (Lipinski definition) is 1. The van der Waals surface area contributed by atoms with Crippen molar-refractivity contribution in [3.63, 3.8) is 0 Å². The van der Waals surface area contributed by atoms with Crippen molar-refractivity contribution in [2.45, 2.75) is 6.92 Å². The molecule has 0 fully saturated rings. The lowest BCUT2D eigenvalue weighted by Crippen LogP contribution is -1.95. The summed E-state index contributed by atoms with van der Waals surface area (Å²) in [6.07, 6.45) is 0. The lowest BCUT2D eigenvalue weighted by molar-refractivity contribution is 0.619. The van der Waals surface area contributed by atoms with Crippen LogP contribution in [0.5, 0.6) is 0 Å². The molecule has 0 saturated carbocycles. The molecule has 0 radical (unpaired) electrons. The third-order valence-electron chi connectivity index (χ3n) is 2.29. The van der Waals surface area contributed by atoms with Crippen LogP contribution in [0.25, 0.3) is 0 Å². The van der Waals surface area contributed by atoms with Crippen molar-refractivity contribution < 1.29 is 4.39 Å². The van der Waals surface area contributed by atoms with Crippen LogP contribution in [0.4, 0.5) is 15.9 Å². The van der Waals surface area contributed by atoms with E-state index in [2.05, 4.69) is 10.3 Å². The molecule has 1 N–H and O–H groups in total. The Balaban J connectivity index is 2.25. The van der Waals surface area contributed by atoms with Crippen LogP contribution in [0, 0.1) is 24.1 Å². The fourth-order valence-corrected chi connectivity index (χ4v) is 1.44. The number of aryl methyl sites for hydroxylation is 1. The second-order valence-corrected chi connectivity index (χ2v) is 3.61. The third kappa shape index (κ3) is 2.58. The maximum absolute atomic E-state index is 13.1. The largest absolute Gasteiger partial charge is 0.340 e. The quantitative estimate of drug-likeness (QED) is 0.857. The van der Waals surface area contributed by atoms with Crippen LogP contribution < -0.4 is 5.32 Å². The topological polar surface area (TPSA) is 48.7 Å². The van der Waals surface area contributed by atoms with E-state index in [1.54, 1.807) is 37.3 Å². The van der Waals surface area contributed by atoms with Crippen LogP contribution >= 0.6 is 0 Å². The minimum absolute atomic E-state index is 0.241. The standard InChI is InChI=1S/C13H10FN3/c1-9-7-10(5-6-12(9)14)16-13-4-2-3-11(8-15)17-13/h2-7H,1H3,(H,16,17). The second kappa shape index (κ2) is 4.62. The first-order valence-corrected chi connectivity index (χ1v) is 5.09. The minimum atomic E-state index is -0.241. The zero-order chi connectivity index (χ0) is 12.3. The highest BCUT2D eigenvalue weighted by Gasteiger charge is 2.01. The molecule has 1 heterocycles. The van der Waals surface area contributed by atoms with E-state index in [1.807, 2.05) is 6.07 Å². The number of halogens is 1. The number of nitriles is 1. The first kappa shape index (κ1) is 11.1. The highest BCUT2D eigenvalue weighted by atomic mass is 19.1. The minimum Gasteiger partial charge on any atom is -0.340 e. The van der Waals surface area contributed by atoms with Crippen LogP contribution in [0.1, 0.15) is 11.3 Å². The molecule has 4 heteroatoms. The van der Waals surface area contributed by atoms with Gasteiger partial charge in [-0.2, -0.15) is 5.26 Å². The van der Waals surface area contributed by atoms with E-state index < -0.39 is 0 Å². The van der Waals surface area contributed by atoms with E-state index in [0.717, 1.165) is 5.69 Å². The Hall–Kier alpha value is -2.41. The molecule has 0 aliphatic carbocycles. The maximum atomic E-state index is 13.1. The van der Waals surface area contributed by atoms with Gasteiger partial charge in [0.1, 0.15) is 23.4 Å². The van der Waals surface area contributed by atoms with Gasteiger partial charge in [-0.05, 0) is 42.8 Å². The lowest BCUT2D eigenvalue weighted by Gasteiger charge is -2.06. The number of aromatic nitrogens is 1. The fourth-order valence-electron chi connectivity index (χ4n) is 1.44. The van der Waals surface area contributed by atoms with Crippen molar-refractivity contribution in [2.24, 2.45) is 0 Å². The van der Waals surface area contributed by atoms with Crippen molar-refractivity contribution in [3.05, 3.63) is 53.5 Å². The van der Waals surface area contributed by atoms with Gasteiger partial charge in [-0.25, -0.2) is 9.37 Å². The summed E-state index contributed by atoms with van der Waals surface area (Å²) in [5.74, 6) is 0.323. The van der Waals surface area contributed by atoms with E-state index in [0.29, 0.717) is 17.1 Å². The van der Waals surface area contributed by atoms with Crippen LogP contribution in [0.15, 0.2) is 36.4 Å². The molecule has 2 rings (SSSR count). The Kier molecular flexibility index (Phi) is 3.01. The van der Waals surface area contributed by atoms with Gasteiger partial charge in [-0.15, -0.1) is 0 Å². The summed E-state index contributed by atoms with van der Waals surface area (Å²) in [5.41, 5.74) is 1.65. The van der Waals surface area contributed by atoms with Crippen LogP contribution in [0.2, 0.25) is 0 Å². The van der Waals surface area contributed by atoms with Crippen LogP contribution in [-0.2, 0) is 0 Å². The Morgan fingerprint density at radius 1 is 1.29 bits per heavy atom. The van der Waals surface area contributed by atoms with Crippen LogP contribution in [0.3, 0.4) is 0 Å². The van der Waals surface area contributed by atoms with Crippen molar-refractivity contribution in [1.29, 1.82) is 5.26 Å². The van der Waals surface area contributed by atoms with Gasteiger partial charge >= 0.3 is 0 Å². The number of nitrogens with zero attached hydrogens (tertiary/aromatic N) is 2. The summed E-state index contributed by atoms with van der Waals surface area (Å²) in [6, 6.07) is 11.8. The average molecular weight is 227 g/mol. The van der Waals surface area contributed by atoms with Crippen LogP contribution in [-0.4, -0.2) is 4.98 Å². The predicted molar refractivity (Wildman–Crippen MR) is 63.4 cm³/mol. The molecule has 84 valence electrons. The van der Waals surface area contributed by atoms with Crippen molar-refractivity contribution in [2.75, 3.05) is 5.32 Å². The molecule has 0 spiro atoms. The molecule has 2 aromatic rings. The molecular weight excluding hydrogens is 217 g/mol. The number of hydrogen-bond acceptors (Lipinski definition) is 3. The molecule has 0 saturated heterocycles. The smallest absolute Gasteiger partial charge is 0.142 e. The number of rotatable bonds is 2. The molecular formula is C13H10FN3. The van der Waals surface area contributed by atoms with Gasteiger partial charge in [0.05, 0.1) is 0 Å². The summed E-state index contributed by atoms with van der Waals surface area (Å²) < 4.78 is 13.1. The van der Waals surface area contributed by atoms with Gasteiger partial charge in [0, 0.05) is 5.69 Å². The average Bonchev–Trinajstić information content (AvgIpc) is 2.34. The van der Waals surface area contributed by atoms with Crippen molar-refractivity contribution in [1.82, 2.24) is 4.98 Å². The van der Waals surface area contributed by atoms with E-state index in [1.165, 1.54) is 6.07 Å². The van der Waals surface area contributed by atoms with Gasteiger partial charge in [-0.1, -0.05) is 6.07 Å². The van der Waals surface area contributed by atoms with E-state index >= 15 is 0 Å². The second-order valence-electron chi connectivity index (χ2n) is 3.61. The summed E-state index contributed by atoms with van der Waals surface area (Å²) in [5, 5.41) is 11.7. The number of nitrogens with one attached hydrogen (secondary N) is 1. The molecule has 17 heavy (non-hydrogen) atoms. The first-order chi connectivity index (χ1) is 8.19. The molecule has 0 amide bonds. The maximum Gasteiger partial charge on any atom is 0.142 e. The third-order valence-corrected chi connectivity index (χ3v) is 2.29. The van der Waals surface area contributed by atoms with Gasteiger partial charge in [0.15, 0.2) is 0 Å². The first-order valence-electron chi connectivity index (χ1n) is 5.09. The lowest BCUT2D eigenvalue weighted by atomic mass is 10.2. The Labute approximate surface area is 98.5 Å². The highest BCUT2D eigenvalue weighted by Crippen LogP contribution is 2.17. The summed E-state index contributed by atoms with van der Waals surface area (Å²) in [4.78, 5) is 4.07. The van der Waals surface area contributed by atoms with Crippen molar-refractivity contribution >= 4 is 11.5 Å². The van der Waals surface area contributed by atoms with Gasteiger partial charge in [0.25, 0.3) is 0 Å². The number of anilines is 2. The molecule has 0 atom stereocenters. The molecule has 0 aliphatic rings. The molecule has 0 bridgehead atoms. The van der Waals surface area contributed by atoms with Gasteiger partial charge in [0.2, 0.25) is 0 Å². The molecule has 0 unspecified atom stereocenters. The molecule has 0 aliphatic heterocycles. The monoisotopic (exact) mass is 227 g/mol. The van der Waals surface area contributed by atoms with E-state index in [9.17, 15) is 4.39 Å². The Bertz CT molecular complexity index is 587. The Morgan fingerprint density at radius 2 is 2.12 bits per heavy atom. The summed E-state index contributed by atoms with van der Waals surface area (Å²) >= 11 is 0.